The van der Waals surface area contributed by atoms with Gasteiger partial charge in [0.1, 0.15) is 11.9 Å². The van der Waals surface area contributed by atoms with Gasteiger partial charge in [0, 0.05) is 6.54 Å². The Morgan fingerprint density at radius 2 is 1.86 bits per heavy atom. The van der Waals surface area contributed by atoms with Gasteiger partial charge in [0.15, 0.2) is 0 Å². The minimum absolute atomic E-state index is 0.180. The molecule has 8 heteroatoms. The maximum Gasteiger partial charge on any atom is 0.325 e. The third-order valence-electron chi connectivity index (χ3n) is 2.87. The molecule has 1 aromatic carbocycles. The Morgan fingerprint density at radius 1 is 1.27 bits per heavy atom. The minimum Gasteiger partial charge on any atom is -0.480 e. The smallest absolute Gasteiger partial charge is 0.325 e. The van der Waals surface area contributed by atoms with Gasteiger partial charge in [-0.2, -0.15) is 0 Å². The Hall–Kier alpha value is -2.48. The Labute approximate surface area is 126 Å². The molecule has 0 saturated heterocycles. The van der Waals surface area contributed by atoms with E-state index in [2.05, 4.69) is 10.6 Å². The third-order valence-corrected chi connectivity index (χ3v) is 2.87. The molecular formula is C14H18FN3O4. The highest BCUT2D eigenvalue weighted by Gasteiger charge is 2.21. The second-order valence-corrected chi connectivity index (χ2v) is 4.78. The first kappa shape index (κ1) is 17.6. The number of carbonyl (C=O) groups is 3. The highest BCUT2D eigenvalue weighted by atomic mass is 19.1. The molecule has 0 aliphatic rings. The van der Waals surface area contributed by atoms with Gasteiger partial charge in [-0.1, -0.05) is 12.1 Å². The lowest BCUT2D eigenvalue weighted by molar-refractivity contribution is -0.141. The van der Waals surface area contributed by atoms with Crippen LogP contribution in [-0.2, 0) is 20.9 Å². The van der Waals surface area contributed by atoms with Crippen LogP contribution in [-0.4, -0.2) is 35.0 Å². The van der Waals surface area contributed by atoms with E-state index in [4.69, 9.17) is 10.8 Å². The fourth-order valence-corrected chi connectivity index (χ4v) is 1.55. The Balaban J connectivity index is 2.39. The van der Waals surface area contributed by atoms with Crippen LogP contribution in [0.5, 0.6) is 0 Å². The van der Waals surface area contributed by atoms with E-state index in [1.165, 1.54) is 31.2 Å². The molecule has 0 spiro atoms. The SMILES string of the molecule is C[C@@H](NC(=O)C(N)CC(=O)NCc1ccc(F)cc1)C(=O)O. The normalized spacial score (nSPS) is 13.0. The molecule has 1 unspecified atom stereocenters. The van der Waals surface area contributed by atoms with Gasteiger partial charge in [-0.05, 0) is 24.6 Å². The molecule has 0 aromatic heterocycles. The number of aliphatic carboxylic acids is 1. The largest absolute Gasteiger partial charge is 0.480 e. The van der Waals surface area contributed by atoms with Crippen molar-refractivity contribution in [1.29, 1.82) is 0 Å². The van der Waals surface area contributed by atoms with E-state index in [1.807, 2.05) is 0 Å². The van der Waals surface area contributed by atoms with Gasteiger partial charge in [-0.3, -0.25) is 14.4 Å². The van der Waals surface area contributed by atoms with Gasteiger partial charge in [0.2, 0.25) is 11.8 Å². The van der Waals surface area contributed by atoms with Crippen molar-refractivity contribution in [2.24, 2.45) is 5.73 Å². The first-order valence-electron chi connectivity index (χ1n) is 6.59. The summed E-state index contributed by atoms with van der Waals surface area (Å²) in [7, 11) is 0. The minimum atomic E-state index is -1.19. The monoisotopic (exact) mass is 311 g/mol. The molecule has 120 valence electrons. The molecule has 1 aromatic rings. The van der Waals surface area contributed by atoms with Gasteiger partial charge >= 0.3 is 5.97 Å². The number of hydrogen-bond acceptors (Lipinski definition) is 4. The molecule has 2 amide bonds. The van der Waals surface area contributed by atoms with Crippen molar-refractivity contribution >= 4 is 17.8 Å². The second kappa shape index (κ2) is 8.08. The van der Waals surface area contributed by atoms with Crippen molar-refractivity contribution in [1.82, 2.24) is 10.6 Å². The number of rotatable bonds is 7. The highest BCUT2D eigenvalue weighted by Crippen LogP contribution is 2.02. The number of halogens is 1. The number of amides is 2. The van der Waals surface area contributed by atoms with Gasteiger partial charge in [-0.15, -0.1) is 0 Å². The molecule has 0 aliphatic heterocycles. The average molecular weight is 311 g/mol. The Kier molecular flexibility index (Phi) is 6.46. The zero-order valence-electron chi connectivity index (χ0n) is 12.0. The molecule has 0 aliphatic carbocycles. The zero-order valence-corrected chi connectivity index (χ0v) is 12.0. The molecule has 2 atom stereocenters. The van der Waals surface area contributed by atoms with E-state index >= 15 is 0 Å². The predicted octanol–water partition coefficient (Wildman–Crippen LogP) is -0.251. The molecule has 0 saturated carbocycles. The van der Waals surface area contributed by atoms with Crippen LogP contribution >= 0.6 is 0 Å². The van der Waals surface area contributed by atoms with E-state index < -0.39 is 29.9 Å². The van der Waals surface area contributed by atoms with Gasteiger partial charge < -0.3 is 21.5 Å². The summed E-state index contributed by atoms with van der Waals surface area (Å²) in [6, 6.07) is 3.37. The quantitative estimate of drug-likeness (QED) is 0.553. The third kappa shape index (κ3) is 5.88. The average Bonchev–Trinajstić information content (AvgIpc) is 2.46. The molecular weight excluding hydrogens is 293 g/mol. The maximum atomic E-state index is 12.7. The van der Waals surface area contributed by atoms with Crippen molar-refractivity contribution in [3.63, 3.8) is 0 Å². The summed E-state index contributed by atoms with van der Waals surface area (Å²) < 4.78 is 12.7. The number of nitrogens with one attached hydrogen (secondary N) is 2. The maximum absolute atomic E-state index is 12.7. The van der Waals surface area contributed by atoms with Crippen LogP contribution in [0.4, 0.5) is 4.39 Å². The van der Waals surface area contributed by atoms with Crippen LogP contribution in [0.1, 0.15) is 18.9 Å². The molecule has 7 nitrogen and oxygen atoms in total. The molecule has 0 radical (unpaired) electrons. The van der Waals surface area contributed by atoms with E-state index in [1.54, 1.807) is 0 Å². The number of nitrogens with two attached hydrogens (primary N) is 1. The summed E-state index contributed by atoms with van der Waals surface area (Å²) >= 11 is 0. The van der Waals surface area contributed by atoms with Gasteiger partial charge in [0.25, 0.3) is 0 Å². The fraction of sp³-hybridized carbons (Fsp3) is 0.357. The van der Waals surface area contributed by atoms with E-state index in [9.17, 15) is 18.8 Å². The lowest BCUT2D eigenvalue weighted by Gasteiger charge is -2.14. The van der Waals surface area contributed by atoms with Crippen LogP contribution in [0.15, 0.2) is 24.3 Å². The predicted molar refractivity (Wildman–Crippen MR) is 76.1 cm³/mol. The molecule has 0 heterocycles. The van der Waals surface area contributed by atoms with Crippen molar-refractivity contribution in [2.45, 2.75) is 32.0 Å². The Morgan fingerprint density at radius 3 is 2.41 bits per heavy atom. The number of benzene rings is 1. The van der Waals surface area contributed by atoms with Crippen molar-refractivity contribution in [3.05, 3.63) is 35.6 Å². The molecule has 0 bridgehead atoms. The first-order chi connectivity index (χ1) is 10.3. The van der Waals surface area contributed by atoms with Crippen molar-refractivity contribution in [2.75, 3.05) is 0 Å². The second-order valence-electron chi connectivity index (χ2n) is 4.78. The van der Waals surface area contributed by atoms with Gasteiger partial charge in [0.05, 0.1) is 12.5 Å². The molecule has 5 N–H and O–H groups in total. The van der Waals surface area contributed by atoms with Crippen molar-refractivity contribution < 1.29 is 23.9 Å². The lowest BCUT2D eigenvalue weighted by Crippen LogP contribution is -2.48. The lowest BCUT2D eigenvalue weighted by atomic mass is 10.1. The number of hydrogen-bond donors (Lipinski definition) is 4. The summed E-state index contributed by atoms with van der Waals surface area (Å²) in [6.07, 6.45) is -0.278. The summed E-state index contributed by atoms with van der Waals surface area (Å²) in [6.45, 7) is 1.47. The summed E-state index contributed by atoms with van der Waals surface area (Å²) in [5.74, 6) is -2.75. The number of carboxylic acid groups (broad SMARTS) is 1. The molecule has 1 rings (SSSR count). The fourth-order valence-electron chi connectivity index (χ4n) is 1.55. The summed E-state index contributed by atoms with van der Waals surface area (Å²) in [5.41, 5.74) is 6.24. The molecule has 22 heavy (non-hydrogen) atoms. The Bertz CT molecular complexity index is 548. The summed E-state index contributed by atoms with van der Waals surface area (Å²) in [5, 5.41) is 13.4. The van der Waals surface area contributed by atoms with E-state index in [0.29, 0.717) is 5.56 Å². The first-order valence-corrected chi connectivity index (χ1v) is 6.59. The van der Waals surface area contributed by atoms with E-state index in [-0.39, 0.29) is 18.8 Å². The highest BCUT2D eigenvalue weighted by molar-refractivity contribution is 5.90. The van der Waals surface area contributed by atoms with Crippen LogP contribution < -0.4 is 16.4 Å². The number of carbonyl (C=O) groups excluding carboxylic acids is 2. The van der Waals surface area contributed by atoms with Gasteiger partial charge in [-0.25, -0.2) is 4.39 Å². The van der Waals surface area contributed by atoms with Crippen LogP contribution in [0.3, 0.4) is 0 Å². The molecule has 0 fully saturated rings. The van der Waals surface area contributed by atoms with Crippen molar-refractivity contribution in [3.8, 4) is 0 Å². The summed E-state index contributed by atoms with van der Waals surface area (Å²) in [4.78, 5) is 33.8. The standard InChI is InChI=1S/C14H18FN3O4/c1-8(14(21)22)18-13(20)11(16)6-12(19)17-7-9-2-4-10(15)5-3-9/h2-5,8,11H,6-7,16H2,1H3,(H,17,19)(H,18,20)(H,21,22)/t8-,11?/m1/s1. The number of carboxylic acids is 1. The zero-order chi connectivity index (χ0) is 16.7. The van der Waals surface area contributed by atoms with E-state index in [0.717, 1.165) is 0 Å². The topological polar surface area (TPSA) is 122 Å². The van der Waals surface area contributed by atoms with Crippen LogP contribution in [0.2, 0.25) is 0 Å². The van der Waals surface area contributed by atoms with Crippen LogP contribution in [0.25, 0.3) is 0 Å². The van der Waals surface area contributed by atoms with Crippen LogP contribution in [0, 0.1) is 5.82 Å².